The van der Waals surface area contributed by atoms with E-state index >= 15 is 0 Å². The summed E-state index contributed by atoms with van der Waals surface area (Å²) >= 11 is 0. The van der Waals surface area contributed by atoms with Crippen LogP contribution in [0.2, 0.25) is 0 Å². The molecule has 3 rings (SSSR count). The Bertz CT molecular complexity index is 721. The third-order valence-corrected chi connectivity index (χ3v) is 6.81. The number of piperidine rings is 1. The van der Waals surface area contributed by atoms with Crippen molar-refractivity contribution >= 4 is 21.5 Å². The van der Waals surface area contributed by atoms with Gasteiger partial charge >= 0.3 is 0 Å². The number of sulfone groups is 1. The number of benzene rings is 1. The van der Waals surface area contributed by atoms with Crippen LogP contribution in [0.1, 0.15) is 31.2 Å². The standard InChI is InChI=1S/C18H25N3O3S/c22-18(12-16-8-11-25(23,24)14-16)20-19-17-6-9-21(10-7-17)13-15-4-2-1-3-5-15/h1-5,16H,6-14H2,(H,20,22)/p+1/t16-/m1/s1. The molecule has 136 valence electrons. The molecule has 0 bridgehead atoms. The molecule has 2 aliphatic heterocycles. The molecule has 2 fully saturated rings. The van der Waals surface area contributed by atoms with Crippen LogP contribution >= 0.6 is 0 Å². The van der Waals surface area contributed by atoms with Crippen molar-refractivity contribution < 1.29 is 18.1 Å². The Morgan fingerprint density at radius 1 is 1.20 bits per heavy atom. The first kappa shape index (κ1) is 18.1. The fourth-order valence-electron chi connectivity index (χ4n) is 3.55. The molecule has 1 aromatic rings. The van der Waals surface area contributed by atoms with Crippen molar-refractivity contribution in [3.63, 3.8) is 0 Å². The van der Waals surface area contributed by atoms with E-state index in [1.807, 2.05) is 6.07 Å². The molecule has 0 unspecified atom stereocenters. The Morgan fingerprint density at radius 3 is 2.56 bits per heavy atom. The second kappa shape index (κ2) is 8.10. The van der Waals surface area contributed by atoms with Gasteiger partial charge in [-0.25, -0.2) is 13.8 Å². The van der Waals surface area contributed by atoms with Gasteiger partial charge in [0.05, 0.1) is 24.6 Å². The molecule has 1 amide bonds. The van der Waals surface area contributed by atoms with Gasteiger partial charge in [0, 0.05) is 30.5 Å². The summed E-state index contributed by atoms with van der Waals surface area (Å²) in [7, 11) is -2.93. The van der Waals surface area contributed by atoms with E-state index < -0.39 is 9.84 Å². The molecule has 0 radical (unpaired) electrons. The predicted octanol–water partition coefficient (Wildman–Crippen LogP) is 0.162. The van der Waals surface area contributed by atoms with Crippen LogP contribution < -0.4 is 10.3 Å². The molecular formula is C18H26N3O3S+. The fraction of sp³-hybridized carbons (Fsp3) is 0.556. The van der Waals surface area contributed by atoms with E-state index in [0.717, 1.165) is 38.2 Å². The second-order valence-electron chi connectivity index (χ2n) is 7.10. The maximum absolute atomic E-state index is 11.9. The molecule has 25 heavy (non-hydrogen) atoms. The van der Waals surface area contributed by atoms with Crippen molar-refractivity contribution in [3.05, 3.63) is 35.9 Å². The molecule has 2 heterocycles. The highest BCUT2D eigenvalue weighted by molar-refractivity contribution is 7.91. The molecule has 1 atom stereocenters. The van der Waals surface area contributed by atoms with Gasteiger partial charge in [0.2, 0.25) is 5.91 Å². The zero-order valence-corrected chi connectivity index (χ0v) is 15.2. The van der Waals surface area contributed by atoms with E-state index in [9.17, 15) is 13.2 Å². The van der Waals surface area contributed by atoms with Crippen LogP contribution in [0.15, 0.2) is 35.4 Å². The van der Waals surface area contributed by atoms with E-state index in [1.54, 1.807) is 0 Å². The highest BCUT2D eigenvalue weighted by Gasteiger charge is 2.29. The van der Waals surface area contributed by atoms with Crippen LogP contribution in [0.25, 0.3) is 0 Å². The van der Waals surface area contributed by atoms with E-state index in [0.29, 0.717) is 6.42 Å². The van der Waals surface area contributed by atoms with Gasteiger partial charge in [0.1, 0.15) is 6.54 Å². The molecule has 0 spiro atoms. The number of carbonyl (C=O) groups is 1. The van der Waals surface area contributed by atoms with Gasteiger partial charge in [-0.15, -0.1) is 0 Å². The third-order valence-electron chi connectivity index (χ3n) is 4.97. The van der Waals surface area contributed by atoms with Crippen molar-refractivity contribution in [2.24, 2.45) is 11.0 Å². The molecular weight excluding hydrogens is 338 g/mol. The first-order valence-corrected chi connectivity index (χ1v) is 10.7. The zero-order valence-electron chi connectivity index (χ0n) is 14.4. The summed E-state index contributed by atoms with van der Waals surface area (Å²) in [5, 5.41) is 4.26. The van der Waals surface area contributed by atoms with Crippen LogP contribution in [-0.4, -0.2) is 44.6 Å². The summed E-state index contributed by atoms with van der Waals surface area (Å²) in [6, 6.07) is 10.5. The van der Waals surface area contributed by atoms with Crippen LogP contribution in [-0.2, 0) is 21.2 Å². The maximum atomic E-state index is 11.9. The van der Waals surface area contributed by atoms with Gasteiger partial charge in [-0.2, -0.15) is 5.10 Å². The number of carbonyl (C=O) groups excluding carboxylic acids is 1. The number of hydrogen-bond donors (Lipinski definition) is 2. The Morgan fingerprint density at radius 2 is 1.92 bits per heavy atom. The topological polar surface area (TPSA) is 80.0 Å². The van der Waals surface area contributed by atoms with Gasteiger partial charge in [-0.3, -0.25) is 4.79 Å². The molecule has 2 saturated heterocycles. The number of nitrogens with zero attached hydrogens (tertiary/aromatic N) is 1. The number of rotatable bonds is 5. The molecule has 1 aromatic carbocycles. The molecule has 0 saturated carbocycles. The van der Waals surface area contributed by atoms with Gasteiger partial charge in [0.15, 0.2) is 9.84 Å². The summed E-state index contributed by atoms with van der Waals surface area (Å²) in [6.07, 6.45) is 2.62. The average molecular weight is 364 g/mol. The highest BCUT2D eigenvalue weighted by Crippen LogP contribution is 2.21. The molecule has 0 aliphatic carbocycles. The first-order valence-electron chi connectivity index (χ1n) is 8.92. The minimum absolute atomic E-state index is 0.0534. The van der Waals surface area contributed by atoms with Crippen molar-refractivity contribution in [2.75, 3.05) is 24.6 Å². The monoisotopic (exact) mass is 364 g/mol. The molecule has 7 heteroatoms. The number of hydrogen-bond acceptors (Lipinski definition) is 4. The molecule has 2 N–H and O–H groups in total. The summed E-state index contributed by atoms with van der Waals surface area (Å²) in [5.74, 6) is 0.116. The Hall–Kier alpha value is -1.73. The van der Waals surface area contributed by atoms with E-state index in [-0.39, 0.29) is 29.8 Å². The van der Waals surface area contributed by atoms with Gasteiger partial charge in [0.25, 0.3) is 0 Å². The maximum Gasteiger partial charge on any atom is 0.240 e. The van der Waals surface area contributed by atoms with Crippen molar-refractivity contribution in [3.8, 4) is 0 Å². The van der Waals surface area contributed by atoms with E-state index in [1.165, 1.54) is 10.5 Å². The van der Waals surface area contributed by atoms with Crippen LogP contribution in [0.5, 0.6) is 0 Å². The quantitative estimate of drug-likeness (QED) is 0.731. The predicted molar refractivity (Wildman–Crippen MR) is 97.0 cm³/mol. The van der Waals surface area contributed by atoms with Gasteiger partial charge in [-0.1, -0.05) is 30.3 Å². The minimum atomic E-state index is -2.93. The van der Waals surface area contributed by atoms with Crippen molar-refractivity contribution in [2.45, 2.75) is 32.2 Å². The SMILES string of the molecule is O=C(C[C@H]1CCS(=O)(=O)C1)NN=C1CC[NH+](Cc2ccccc2)CC1. The Balaban J connectivity index is 1.39. The second-order valence-corrected chi connectivity index (χ2v) is 9.33. The summed E-state index contributed by atoms with van der Waals surface area (Å²) in [5.41, 5.74) is 4.99. The fourth-order valence-corrected chi connectivity index (χ4v) is 5.41. The summed E-state index contributed by atoms with van der Waals surface area (Å²) < 4.78 is 22.9. The summed E-state index contributed by atoms with van der Waals surface area (Å²) in [4.78, 5) is 13.5. The smallest absolute Gasteiger partial charge is 0.240 e. The van der Waals surface area contributed by atoms with E-state index in [2.05, 4.69) is 34.8 Å². The first-order chi connectivity index (χ1) is 12.0. The Labute approximate surface area is 149 Å². The largest absolute Gasteiger partial charge is 0.331 e. The van der Waals surface area contributed by atoms with Crippen LogP contribution in [0.3, 0.4) is 0 Å². The number of quaternary nitrogens is 1. The average Bonchev–Trinajstić information content (AvgIpc) is 2.94. The van der Waals surface area contributed by atoms with Crippen LogP contribution in [0, 0.1) is 5.92 Å². The van der Waals surface area contributed by atoms with Gasteiger partial charge < -0.3 is 4.90 Å². The number of amides is 1. The zero-order chi connectivity index (χ0) is 17.7. The van der Waals surface area contributed by atoms with Gasteiger partial charge in [-0.05, 0) is 12.3 Å². The number of likely N-dealkylation sites (tertiary alicyclic amines) is 1. The number of nitrogens with one attached hydrogen (secondary N) is 2. The normalized spacial score (nSPS) is 25.5. The summed E-state index contributed by atoms with van der Waals surface area (Å²) in [6.45, 7) is 3.06. The minimum Gasteiger partial charge on any atom is -0.331 e. The lowest BCUT2D eigenvalue weighted by atomic mass is 10.1. The lowest BCUT2D eigenvalue weighted by molar-refractivity contribution is -0.914. The molecule has 0 aromatic heterocycles. The van der Waals surface area contributed by atoms with E-state index in [4.69, 9.17) is 0 Å². The molecule has 6 nitrogen and oxygen atoms in total. The Kier molecular flexibility index (Phi) is 5.86. The third kappa shape index (κ3) is 5.64. The lowest BCUT2D eigenvalue weighted by Gasteiger charge is -2.24. The number of hydrazone groups is 1. The van der Waals surface area contributed by atoms with Crippen molar-refractivity contribution in [1.82, 2.24) is 5.43 Å². The highest BCUT2D eigenvalue weighted by atomic mass is 32.2. The molecule has 2 aliphatic rings. The lowest BCUT2D eigenvalue weighted by Crippen LogP contribution is -3.11. The van der Waals surface area contributed by atoms with Crippen LogP contribution in [0.4, 0.5) is 0 Å². The van der Waals surface area contributed by atoms with Crippen molar-refractivity contribution in [1.29, 1.82) is 0 Å².